The lowest BCUT2D eigenvalue weighted by molar-refractivity contribution is -0.119. The van der Waals surface area contributed by atoms with Crippen LogP contribution in [0.5, 0.6) is 0 Å². The minimum Gasteiger partial charge on any atom is -0.299 e. The highest BCUT2D eigenvalue weighted by molar-refractivity contribution is 7.99. The largest absolute Gasteiger partial charge is 0.299 e. The number of ketones is 1. The summed E-state index contributed by atoms with van der Waals surface area (Å²) in [7, 11) is 0. The first-order valence-corrected chi connectivity index (χ1v) is 9.60. The maximum absolute atomic E-state index is 12.2. The topological polar surface area (TPSA) is 34.9 Å². The fourth-order valence-electron chi connectivity index (χ4n) is 3.57. The van der Waals surface area contributed by atoms with Crippen molar-refractivity contribution < 1.29 is 4.79 Å². The lowest BCUT2D eigenvalue weighted by Gasteiger charge is -2.21. The Morgan fingerprint density at radius 3 is 2.71 bits per heavy atom. The molecule has 0 unspecified atom stereocenters. The SMILES string of the molecule is O=C(Cc1ccn(C2CCCCC2)n1)CC1CCSCC1. The smallest absolute Gasteiger partial charge is 0.139 e. The zero-order chi connectivity index (χ0) is 14.5. The summed E-state index contributed by atoms with van der Waals surface area (Å²) in [5.74, 6) is 3.46. The standard InChI is InChI=1S/C17H26N2OS/c20-17(12-14-7-10-21-11-8-14)13-15-6-9-19(18-15)16-4-2-1-3-5-16/h6,9,14,16H,1-5,7-8,10-13H2. The Kier molecular flexibility index (Phi) is 5.39. The molecule has 2 heterocycles. The Hall–Kier alpha value is -0.770. The van der Waals surface area contributed by atoms with Crippen LogP contribution in [-0.2, 0) is 11.2 Å². The van der Waals surface area contributed by atoms with Gasteiger partial charge in [-0.25, -0.2) is 0 Å². The van der Waals surface area contributed by atoms with Crippen LogP contribution in [0.15, 0.2) is 12.3 Å². The van der Waals surface area contributed by atoms with Crippen LogP contribution >= 0.6 is 11.8 Å². The van der Waals surface area contributed by atoms with Crippen LogP contribution in [-0.4, -0.2) is 27.1 Å². The quantitative estimate of drug-likeness (QED) is 0.823. The molecule has 1 aromatic rings. The molecule has 2 aliphatic rings. The maximum atomic E-state index is 12.2. The molecule has 116 valence electrons. The molecule has 0 radical (unpaired) electrons. The zero-order valence-electron chi connectivity index (χ0n) is 12.8. The summed E-state index contributed by atoms with van der Waals surface area (Å²) < 4.78 is 2.11. The maximum Gasteiger partial charge on any atom is 0.139 e. The van der Waals surface area contributed by atoms with E-state index in [1.807, 2.05) is 17.8 Å². The molecule has 1 aliphatic carbocycles. The van der Waals surface area contributed by atoms with E-state index in [9.17, 15) is 4.79 Å². The Balaban J connectivity index is 1.50. The second-order valence-electron chi connectivity index (χ2n) is 6.55. The molecular weight excluding hydrogens is 280 g/mol. The van der Waals surface area contributed by atoms with Crippen molar-refractivity contribution in [2.45, 2.75) is 63.8 Å². The summed E-state index contributed by atoms with van der Waals surface area (Å²) in [6, 6.07) is 2.61. The first-order valence-electron chi connectivity index (χ1n) is 8.45. The van der Waals surface area contributed by atoms with E-state index >= 15 is 0 Å². The highest BCUT2D eigenvalue weighted by atomic mass is 32.2. The van der Waals surface area contributed by atoms with Gasteiger partial charge in [0.25, 0.3) is 0 Å². The average Bonchev–Trinajstić information content (AvgIpc) is 2.97. The number of thioether (sulfide) groups is 1. The lowest BCUT2D eigenvalue weighted by atomic mass is 9.95. The van der Waals surface area contributed by atoms with Crippen molar-refractivity contribution in [3.63, 3.8) is 0 Å². The van der Waals surface area contributed by atoms with Crippen LogP contribution in [0.25, 0.3) is 0 Å². The molecule has 4 heteroatoms. The molecule has 1 saturated heterocycles. The minimum absolute atomic E-state index is 0.376. The van der Waals surface area contributed by atoms with E-state index in [0.717, 1.165) is 12.1 Å². The van der Waals surface area contributed by atoms with Crippen molar-refractivity contribution in [2.24, 2.45) is 5.92 Å². The van der Waals surface area contributed by atoms with Crippen molar-refractivity contribution >= 4 is 17.5 Å². The molecule has 0 spiro atoms. The highest BCUT2D eigenvalue weighted by Gasteiger charge is 2.19. The molecule has 1 aromatic heterocycles. The average molecular weight is 306 g/mol. The molecule has 0 N–H and O–H groups in total. The predicted molar refractivity (Wildman–Crippen MR) is 87.7 cm³/mol. The molecule has 21 heavy (non-hydrogen) atoms. The van der Waals surface area contributed by atoms with Crippen LogP contribution in [0.2, 0.25) is 0 Å². The summed E-state index contributed by atoms with van der Waals surface area (Å²) in [6.45, 7) is 0. The van der Waals surface area contributed by atoms with Crippen molar-refractivity contribution in [3.8, 4) is 0 Å². The Morgan fingerprint density at radius 1 is 1.19 bits per heavy atom. The third-order valence-electron chi connectivity index (χ3n) is 4.85. The molecule has 0 amide bonds. The van der Waals surface area contributed by atoms with Crippen LogP contribution in [0.3, 0.4) is 0 Å². The van der Waals surface area contributed by atoms with Gasteiger partial charge in [0.1, 0.15) is 5.78 Å². The molecule has 3 nitrogen and oxygen atoms in total. The van der Waals surface area contributed by atoms with Gasteiger partial charge in [0.05, 0.1) is 18.2 Å². The van der Waals surface area contributed by atoms with Gasteiger partial charge in [-0.1, -0.05) is 19.3 Å². The van der Waals surface area contributed by atoms with E-state index < -0.39 is 0 Å². The van der Waals surface area contributed by atoms with E-state index in [1.165, 1.54) is 56.5 Å². The summed E-state index contributed by atoms with van der Waals surface area (Å²) >= 11 is 2.02. The lowest BCUT2D eigenvalue weighted by Crippen LogP contribution is -2.16. The number of carbonyl (C=O) groups excluding carboxylic acids is 1. The highest BCUT2D eigenvalue weighted by Crippen LogP contribution is 2.28. The normalized spacial score (nSPS) is 21.5. The van der Waals surface area contributed by atoms with Gasteiger partial charge in [0.2, 0.25) is 0 Å². The summed E-state index contributed by atoms with van der Waals surface area (Å²) in [5.41, 5.74) is 0.968. The van der Waals surface area contributed by atoms with Crippen LogP contribution in [0.4, 0.5) is 0 Å². The minimum atomic E-state index is 0.376. The molecule has 2 fully saturated rings. The second kappa shape index (κ2) is 7.48. The van der Waals surface area contributed by atoms with Crippen LogP contribution < -0.4 is 0 Å². The van der Waals surface area contributed by atoms with E-state index in [4.69, 9.17) is 0 Å². The Labute approximate surface area is 131 Å². The number of hydrogen-bond donors (Lipinski definition) is 0. The molecular formula is C17H26N2OS. The third kappa shape index (κ3) is 4.35. The van der Waals surface area contributed by atoms with Gasteiger partial charge < -0.3 is 0 Å². The van der Waals surface area contributed by atoms with Gasteiger partial charge in [-0.15, -0.1) is 0 Å². The number of nitrogens with zero attached hydrogens (tertiary/aromatic N) is 2. The van der Waals surface area contributed by atoms with Crippen molar-refractivity contribution in [2.75, 3.05) is 11.5 Å². The Morgan fingerprint density at radius 2 is 1.95 bits per heavy atom. The number of aromatic nitrogens is 2. The van der Waals surface area contributed by atoms with Gasteiger partial charge in [-0.05, 0) is 49.2 Å². The van der Waals surface area contributed by atoms with Crippen LogP contribution in [0, 0.1) is 5.92 Å². The number of Topliss-reactive ketones (excluding diaryl/α,β-unsaturated/α-hetero) is 1. The van der Waals surface area contributed by atoms with Gasteiger partial charge in [-0.3, -0.25) is 9.48 Å². The van der Waals surface area contributed by atoms with E-state index in [0.29, 0.717) is 24.2 Å². The number of rotatable bonds is 5. The predicted octanol–water partition coefficient (Wildman–Crippen LogP) is 4.03. The third-order valence-corrected chi connectivity index (χ3v) is 5.90. The van der Waals surface area contributed by atoms with E-state index in [2.05, 4.69) is 16.0 Å². The summed E-state index contributed by atoms with van der Waals surface area (Å²) in [5, 5.41) is 4.66. The molecule has 3 rings (SSSR count). The molecule has 0 bridgehead atoms. The zero-order valence-corrected chi connectivity index (χ0v) is 13.6. The van der Waals surface area contributed by atoms with Gasteiger partial charge in [0, 0.05) is 12.6 Å². The summed E-state index contributed by atoms with van der Waals surface area (Å²) in [6.07, 6.45) is 12.3. The molecule has 1 aliphatic heterocycles. The first kappa shape index (κ1) is 15.1. The van der Waals surface area contributed by atoms with Gasteiger partial charge in [0.15, 0.2) is 0 Å². The van der Waals surface area contributed by atoms with Crippen LogP contribution in [0.1, 0.15) is 63.1 Å². The van der Waals surface area contributed by atoms with Gasteiger partial charge in [-0.2, -0.15) is 16.9 Å². The number of carbonyl (C=O) groups is 1. The van der Waals surface area contributed by atoms with Crippen molar-refractivity contribution in [1.29, 1.82) is 0 Å². The van der Waals surface area contributed by atoms with Gasteiger partial charge >= 0.3 is 0 Å². The first-order chi connectivity index (χ1) is 10.3. The molecule has 0 aromatic carbocycles. The fraction of sp³-hybridized carbons (Fsp3) is 0.765. The Bertz CT molecular complexity index is 459. The van der Waals surface area contributed by atoms with E-state index in [1.54, 1.807) is 0 Å². The second-order valence-corrected chi connectivity index (χ2v) is 7.78. The molecule has 0 atom stereocenters. The monoisotopic (exact) mass is 306 g/mol. The van der Waals surface area contributed by atoms with Crippen molar-refractivity contribution in [3.05, 3.63) is 18.0 Å². The summed E-state index contributed by atoms with van der Waals surface area (Å²) in [4.78, 5) is 12.2. The fourth-order valence-corrected chi connectivity index (χ4v) is 4.77. The van der Waals surface area contributed by atoms with Crippen molar-refractivity contribution in [1.82, 2.24) is 9.78 Å². The van der Waals surface area contributed by atoms with E-state index in [-0.39, 0.29) is 0 Å². The number of hydrogen-bond acceptors (Lipinski definition) is 3. The molecule has 1 saturated carbocycles.